The predicted octanol–water partition coefficient (Wildman–Crippen LogP) is 1.89. The second-order valence-electron chi connectivity index (χ2n) is 6.28. The molecule has 2 aliphatic rings. The van der Waals surface area contributed by atoms with Crippen LogP contribution in [0.2, 0.25) is 0 Å². The number of nitrogens with zero attached hydrogens (tertiary/aromatic N) is 1. The van der Waals surface area contributed by atoms with Gasteiger partial charge in [0, 0.05) is 36.9 Å². The quantitative estimate of drug-likeness (QED) is 0.910. The number of carbonyl (C=O) groups excluding carboxylic acids is 1. The van der Waals surface area contributed by atoms with Crippen LogP contribution >= 0.6 is 0 Å². The minimum atomic E-state index is 0.0360. The highest BCUT2D eigenvalue weighted by Gasteiger charge is 2.47. The predicted molar refractivity (Wildman–Crippen MR) is 78.4 cm³/mol. The van der Waals surface area contributed by atoms with Crippen LogP contribution in [-0.4, -0.2) is 41.5 Å². The van der Waals surface area contributed by atoms with Gasteiger partial charge in [-0.15, -0.1) is 0 Å². The molecular weight excluding hydrogens is 250 g/mol. The number of rotatable bonds is 4. The molecular formula is C17H23NO2. The fraction of sp³-hybridized carbons (Fsp3) is 0.588. The number of hydrogen-bond donors (Lipinski definition) is 1. The van der Waals surface area contributed by atoms with Crippen molar-refractivity contribution in [2.24, 2.45) is 11.8 Å². The molecule has 4 atom stereocenters. The summed E-state index contributed by atoms with van der Waals surface area (Å²) in [5.41, 5.74) is 1.08. The molecule has 2 bridgehead atoms. The largest absolute Gasteiger partial charge is 0.396 e. The third-order valence-electron chi connectivity index (χ3n) is 5.28. The first-order chi connectivity index (χ1) is 9.70. The molecule has 0 spiro atoms. The Balaban J connectivity index is 1.74. The zero-order chi connectivity index (χ0) is 14.1. The highest BCUT2D eigenvalue weighted by molar-refractivity contribution is 5.83. The van der Waals surface area contributed by atoms with Crippen molar-refractivity contribution in [3.05, 3.63) is 35.9 Å². The first kappa shape index (κ1) is 13.8. The number of aliphatic hydroxyl groups excluding tert-OH is 1. The van der Waals surface area contributed by atoms with E-state index in [1.54, 1.807) is 0 Å². The lowest BCUT2D eigenvalue weighted by Crippen LogP contribution is -2.50. The summed E-state index contributed by atoms with van der Waals surface area (Å²) in [5.74, 6) is 0.462. The second kappa shape index (κ2) is 5.66. The molecule has 0 unspecified atom stereocenters. The molecule has 2 fully saturated rings. The van der Waals surface area contributed by atoms with Crippen LogP contribution in [0.5, 0.6) is 0 Å². The highest BCUT2D eigenvalue weighted by atomic mass is 16.3. The van der Waals surface area contributed by atoms with Crippen molar-refractivity contribution >= 4 is 5.78 Å². The van der Waals surface area contributed by atoms with E-state index in [1.165, 1.54) is 6.42 Å². The van der Waals surface area contributed by atoms with Crippen molar-refractivity contribution in [3.8, 4) is 0 Å². The lowest BCUT2D eigenvalue weighted by atomic mass is 9.77. The van der Waals surface area contributed by atoms with E-state index in [9.17, 15) is 9.90 Å². The van der Waals surface area contributed by atoms with Crippen LogP contribution in [0.15, 0.2) is 30.3 Å². The Bertz CT molecular complexity index is 473. The van der Waals surface area contributed by atoms with E-state index in [-0.39, 0.29) is 18.4 Å². The van der Waals surface area contributed by atoms with E-state index in [1.807, 2.05) is 30.3 Å². The highest BCUT2D eigenvalue weighted by Crippen LogP contribution is 2.41. The molecule has 20 heavy (non-hydrogen) atoms. The molecule has 0 aliphatic carbocycles. The normalized spacial score (nSPS) is 33.3. The Morgan fingerprint density at radius 3 is 2.75 bits per heavy atom. The summed E-state index contributed by atoms with van der Waals surface area (Å²) in [5, 5.41) is 9.74. The molecule has 0 amide bonds. The second-order valence-corrected chi connectivity index (χ2v) is 6.28. The molecule has 1 N–H and O–H groups in total. The van der Waals surface area contributed by atoms with Gasteiger partial charge in [0.25, 0.3) is 0 Å². The lowest BCUT2D eigenvalue weighted by molar-refractivity contribution is -0.128. The first-order valence-corrected chi connectivity index (χ1v) is 7.60. The molecule has 2 heterocycles. The smallest absolute Gasteiger partial charge is 0.140 e. The van der Waals surface area contributed by atoms with Crippen LogP contribution in [0.25, 0.3) is 0 Å². The van der Waals surface area contributed by atoms with Gasteiger partial charge in [0.2, 0.25) is 0 Å². The molecule has 3 heteroatoms. The maximum atomic E-state index is 12.6. The summed E-state index contributed by atoms with van der Waals surface area (Å²) in [7, 11) is 2.14. The Morgan fingerprint density at radius 1 is 1.30 bits per heavy atom. The monoisotopic (exact) mass is 273 g/mol. The maximum Gasteiger partial charge on any atom is 0.140 e. The molecule has 2 saturated heterocycles. The number of aliphatic hydroxyl groups is 1. The van der Waals surface area contributed by atoms with E-state index >= 15 is 0 Å². The van der Waals surface area contributed by atoms with Crippen LogP contribution in [0.4, 0.5) is 0 Å². The van der Waals surface area contributed by atoms with Crippen molar-refractivity contribution in [1.82, 2.24) is 4.90 Å². The maximum absolute atomic E-state index is 12.6. The van der Waals surface area contributed by atoms with Gasteiger partial charge in [-0.3, -0.25) is 4.79 Å². The minimum absolute atomic E-state index is 0.0360. The van der Waals surface area contributed by atoms with E-state index in [4.69, 9.17) is 0 Å². The molecule has 1 aromatic carbocycles. The molecule has 0 radical (unpaired) electrons. The van der Waals surface area contributed by atoms with Crippen molar-refractivity contribution in [2.75, 3.05) is 13.7 Å². The summed E-state index contributed by atoms with van der Waals surface area (Å²) < 4.78 is 0. The van der Waals surface area contributed by atoms with E-state index in [2.05, 4.69) is 11.9 Å². The zero-order valence-electron chi connectivity index (χ0n) is 12.0. The number of Topliss-reactive ketones (excluding diaryl/α,β-unsaturated/α-hetero) is 1. The molecule has 0 aromatic heterocycles. The van der Waals surface area contributed by atoms with E-state index in [0.717, 1.165) is 18.4 Å². The fourth-order valence-corrected chi connectivity index (χ4v) is 4.12. The standard InChI is InChI=1S/C17H23NO2/c1-18-13-7-8-16(18)15(11-19)14(10-13)17(20)9-12-5-3-2-4-6-12/h2-6,13-16,19H,7-11H2,1H3/t13-,14-,15-,16+/m0/s1. The van der Waals surface area contributed by atoms with Crippen molar-refractivity contribution in [2.45, 2.75) is 37.8 Å². The van der Waals surface area contributed by atoms with Gasteiger partial charge >= 0.3 is 0 Å². The Morgan fingerprint density at radius 2 is 2.05 bits per heavy atom. The molecule has 0 saturated carbocycles. The lowest BCUT2D eigenvalue weighted by Gasteiger charge is -2.41. The van der Waals surface area contributed by atoms with Gasteiger partial charge in [-0.1, -0.05) is 30.3 Å². The van der Waals surface area contributed by atoms with Gasteiger partial charge in [-0.2, -0.15) is 0 Å². The number of benzene rings is 1. The van der Waals surface area contributed by atoms with Crippen molar-refractivity contribution < 1.29 is 9.90 Å². The number of fused-ring (bicyclic) bond motifs is 2. The molecule has 3 rings (SSSR count). The summed E-state index contributed by atoms with van der Waals surface area (Å²) in [6, 6.07) is 10.9. The number of piperidine rings is 1. The summed E-state index contributed by atoms with van der Waals surface area (Å²) in [6.45, 7) is 0.132. The Kier molecular flexibility index (Phi) is 3.90. The van der Waals surface area contributed by atoms with Gasteiger partial charge in [0.05, 0.1) is 0 Å². The van der Waals surface area contributed by atoms with E-state index < -0.39 is 0 Å². The topological polar surface area (TPSA) is 40.5 Å². The van der Waals surface area contributed by atoms with Crippen LogP contribution in [0.1, 0.15) is 24.8 Å². The van der Waals surface area contributed by atoms with Gasteiger partial charge in [0.1, 0.15) is 5.78 Å². The molecule has 3 nitrogen and oxygen atoms in total. The van der Waals surface area contributed by atoms with E-state index in [0.29, 0.717) is 24.3 Å². The average Bonchev–Trinajstić information content (AvgIpc) is 2.72. The number of ketones is 1. The zero-order valence-corrected chi connectivity index (χ0v) is 12.0. The summed E-state index contributed by atoms with van der Waals surface area (Å²) >= 11 is 0. The minimum Gasteiger partial charge on any atom is -0.396 e. The van der Waals surface area contributed by atoms with Crippen LogP contribution in [-0.2, 0) is 11.2 Å². The number of carbonyl (C=O) groups is 1. The van der Waals surface area contributed by atoms with Crippen LogP contribution in [0.3, 0.4) is 0 Å². The van der Waals surface area contributed by atoms with Gasteiger partial charge in [0.15, 0.2) is 0 Å². The Hall–Kier alpha value is -1.19. The average molecular weight is 273 g/mol. The first-order valence-electron chi connectivity index (χ1n) is 7.60. The molecule has 2 aliphatic heterocycles. The summed E-state index contributed by atoms with van der Waals surface area (Å²) in [4.78, 5) is 15.0. The van der Waals surface area contributed by atoms with Crippen molar-refractivity contribution in [1.29, 1.82) is 0 Å². The van der Waals surface area contributed by atoms with Gasteiger partial charge in [-0.05, 0) is 31.9 Å². The third kappa shape index (κ3) is 2.40. The number of hydrogen-bond acceptors (Lipinski definition) is 3. The van der Waals surface area contributed by atoms with Crippen LogP contribution in [0, 0.1) is 11.8 Å². The summed E-state index contributed by atoms with van der Waals surface area (Å²) in [6.07, 6.45) is 3.73. The molecule has 1 aromatic rings. The van der Waals surface area contributed by atoms with Gasteiger partial charge in [-0.25, -0.2) is 0 Å². The van der Waals surface area contributed by atoms with Crippen LogP contribution < -0.4 is 0 Å². The van der Waals surface area contributed by atoms with Gasteiger partial charge < -0.3 is 10.0 Å². The third-order valence-corrected chi connectivity index (χ3v) is 5.28. The SMILES string of the molecule is CN1[C@H]2CC[C@@H]1[C@@H](CO)[C@@H](C(=O)Cc1ccccc1)C2. The Labute approximate surface area is 120 Å². The fourth-order valence-electron chi connectivity index (χ4n) is 4.12. The molecule has 108 valence electrons. The van der Waals surface area contributed by atoms with Crippen molar-refractivity contribution in [3.63, 3.8) is 0 Å².